The summed E-state index contributed by atoms with van der Waals surface area (Å²) in [5.41, 5.74) is 0.685. The van der Waals surface area contributed by atoms with E-state index < -0.39 is 21.9 Å². The van der Waals surface area contributed by atoms with Crippen molar-refractivity contribution in [1.82, 2.24) is 4.31 Å². The molecule has 30 heavy (non-hydrogen) atoms. The van der Waals surface area contributed by atoms with Gasteiger partial charge in [-0.25, -0.2) is 13.2 Å². The van der Waals surface area contributed by atoms with Gasteiger partial charge in [0.05, 0.1) is 22.0 Å². The van der Waals surface area contributed by atoms with Crippen molar-refractivity contribution in [2.24, 2.45) is 0 Å². The number of ether oxygens (including phenoxy) is 2. The molecule has 0 aliphatic rings. The van der Waals surface area contributed by atoms with Gasteiger partial charge in [-0.15, -0.1) is 0 Å². The van der Waals surface area contributed by atoms with Crippen molar-refractivity contribution in [3.8, 4) is 5.75 Å². The number of hydrogen-bond acceptors (Lipinski definition) is 6. The number of carbonyl (C=O) groups excluding carboxylic acids is 2. The molecular weight excluding hydrogens is 476 g/mol. The second-order valence-corrected chi connectivity index (χ2v) is 8.88. The van der Waals surface area contributed by atoms with Crippen molar-refractivity contribution in [3.63, 3.8) is 0 Å². The molecule has 1 amide bonds. The smallest absolute Gasteiger partial charge is 0.337 e. The lowest BCUT2D eigenvalue weighted by molar-refractivity contribution is -0.118. The number of nitrogens with one attached hydrogen (secondary N) is 1. The molecule has 10 heteroatoms. The van der Waals surface area contributed by atoms with Crippen LogP contribution in [0, 0.1) is 0 Å². The lowest BCUT2D eigenvalue weighted by Crippen LogP contribution is -2.30. The summed E-state index contributed by atoms with van der Waals surface area (Å²) in [6.45, 7) is 3.93. The Labute approximate surface area is 184 Å². The third-order valence-corrected chi connectivity index (χ3v) is 6.84. The Morgan fingerprint density at radius 2 is 1.80 bits per heavy atom. The number of esters is 1. The number of nitrogens with zero attached hydrogens (tertiary/aromatic N) is 1. The van der Waals surface area contributed by atoms with E-state index in [9.17, 15) is 18.0 Å². The lowest BCUT2D eigenvalue weighted by Gasteiger charge is -2.18. The van der Waals surface area contributed by atoms with Crippen LogP contribution in [0.5, 0.6) is 5.75 Å². The van der Waals surface area contributed by atoms with E-state index in [-0.39, 0.29) is 11.5 Å². The van der Waals surface area contributed by atoms with Crippen LogP contribution in [0.4, 0.5) is 5.69 Å². The number of amides is 1. The Morgan fingerprint density at radius 1 is 1.10 bits per heavy atom. The highest BCUT2D eigenvalue weighted by molar-refractivity contribution is 9.10. The monoisotopic (exact) mass is 498 g/mol. The number of methoxy groups -OCH3 is 1. The summed E-state index contributed by atoms with van der Waals surface area (Å²) in [6.07, 6.45) is 0. The van der Waals surface area contributed by atoms with E-state index in [1.54, 1.807) is 32.0 Å². The molecule has 0 bridgehead atoms. The summed E-state index contributed by atoms with van der Waals surface area (Å²) < 4.78 is 37.2. The first-order valence-electron chi connectivity index (χ1n) is 9.13. The number of hydrogen-bond donors (Lipinski definition) is 1. The fourth-order valence-electron chi connectivity index (χ4n) is 2.65. The average Bonchev–Trinajstić information content (AvgIpc) is 2.73. The molecule has 0 fully saturated rings. The van der Waals surface area contributed by atoms with Gasteiger partial charge >= 0.3 is 5.97 Å². The van der Waals surface area contributed by atoms with Gasteiger partial charge < -0.3 is 14.8 Å². The van der Waals surface area contributed by atoms with Crippen LogP contribution >= 0.6 is 15.9 Å². The zero-order chi connectivity index (χ0) is 22.3. The minimum atomic E-state index is -3.63. The first-order chi connectivity index (χ1) is 14.2. The summed E-state index contributed by atoms with van der Waals surface area (Å²) in [6, 6.07) is 10.6. The average molecular weight is 499 g/mol. The summed E-state index contributed by atoms with van der Waals surface area (Å²) in [7, 11) is -2.34. The molecule has 0 saturated heterocycles. The minimum absolute atomic E-state index is 0.103. The van der Waals surface area contributed by atoms with Gasteiger partial charge in [0.25, 0.3) is 5.91 Å². The number of anilines is 1. The molecule has 0 atom stereocenters. The number of benzene rings is 2. The quantitative estimate of drug-likeness (QED) is 0.532. The third kappa shape index (κ3) is 5.80. The Balaban J connectivity index is 2.05. The van der Waals surface area contributed by atoms with E-state index in [0.717, 1.165) is 0 Å². The summed E-state index contributed by atoms with van der Waals surface area (Å²) in [5, 5.41) is 2.62. The number of rotatable bonds is 9. The molecule has 2 aromatic carbocycles. The highest BCUT2D eigenvalue weighted by atomic mass is 79.9. The Bertz CT molecular complexity index is 1020. The van der Waals surface area contributed by atoms with E-state index in [4.69, 9.17) is 4.74 Å². The fraction of sp³-hybridized carbons (Fsp3) is 0.300. The highest BCUT2D eigenvalue weighted by Crippen LogP contribution is 2.26. The van der Waals surface area contributed by atoms with Crippen LogP contribution in [0.1, 0.15) is 24.2 Å². The van der Waals surface area contributed by atoms with Crippen LogP contribution in [0.25, 0.3) is 0 Å². The van der Waals surface area contributed by atoms with Crippen LogP contribution < -0.4 is 10.1 Å². The Kier molecular flexibility index (Phi) is 8.39. The Hall–Kier alpha value is -2.43. The number of carbonyl (C=O) groups is 2. The van der Waals surface area contributed by atoms with Gasteiger partial charge in [0.1, 0.15) is 5.75 Å². The van der Waals surface area contributed by atoms with E-state index in [0.29, 0.717) is 34.6 Å². The van der Waals surface area contributed by atoms with Crippen LogP contribution in [-0.4, -0.2) is 51.4 Å². The molecule has 0 aliphatic carbocycles. The van der Waals surface area contributed by atoms with Crippen molar-refractivity contribution >= 4 is 43.5 Å². The molecule has 2 aromatic rings. The maximum absolute atomic E-state index is 12.6. The molecule has 0 saturated carbocycles. The van der Waals surface area contributed by atoms with E-state index in [1.165, 1.54) is 35.7 Å². The van der Waals surface area contributed by atoms with Crippen molar-refractivity contribution in [1.29, 1.82) is 0 Å². The lowest BCUT2D eigenvalue weighted by atomic mass is 10.2. The molecule has 0 radical (unpaired) electrons. The van der Waals surface area contributed by atoms with Crippen LogP contribution in [0.3, 0.4) is 0 Å². The SMILES string of the molecule is CCN(CC)S(=O)(=O)c1cccc(NC(=O)COc2ccc(C(=O)OC)cc2Br)c1. The van der Waals surface area contributed by atoms with Gasteiger partial charge in [0, 0.05) is 18.8 Å². The van der Waals surface area contributed by atoms with E-state index >= 15 is 0 Å². The standard InChI is InChI=1S/C20H23BrN2O6S/c1-4-23(5-2)30(26,27)16-8-6-7-15(12-16)22-19(24)13-29-18-10-9-14(11-17(18)21)20(25)28-3/h6-12H,4-5,13H2,1-3H3,(H,22,24). The first-order valence-corrected chi connectivity index (χ1v) is 11.4. The van der Waals surface area contributed by atoms with Gasteiger partial charge in [0.2, 0.25) is 10.0 Å². The minimum Gasteiger partial charge on any atom is -0.483 e. The Morgan fingerprint density at radius 3 is 2.40 bits per heavy atom. The summed E-state index contributed by atoms with van der Waals surface area (Å²) in [4.78, 5) is 23.9. The maximum atomic E-state index is 12.6. The zero-order valence-corrected chi connectivity index (χ0v) is 19.2. The van der Waals surface area contributed by atoms with Crippen molar-refractivity contribution < 1.29 is 27.5 Å². The molecular formula is C20H23BrN2O6S. The second kappa shape index (κ2) is 10.6. The van der Waals surface area contributed by atoms with Gasteiger partial charge in [-0.1, -0.05) is 19.9 Å². The topological polar surface area (TPSA) is 102 Å². The van der Waals surface area contributed by atoms with Gasteiger partial charge in [-0.2, -0.15) is 4.31 Å². The summed E-state index contributed by atoms with van der Waals surface area (Å²) >= 11 is 3.28. The molecule has 1 N–H and O–H groups in total. The largest absolute Gasteiger partial charge is 0.483 e. The van der Waals surface area contributed by atoms with Gasteiger partial charge in [0.15, 0.2) is 6.61 Å². The molecule has 0 aromatic heterocycles. The normalized spacial score (nSPS) is 11.2. The fourth-order valence-corrected chi connectivity index (χ4v) is 4.65. The second-order valence-electron chi connectivity index (χ2n) is 6.09. The molecule has 0 heterocycles. The molecule has 0 spiro atoms. The molecule has 8 nitrogen and oxygen atoms in total. The van der Waals surface area contributed by atoms with Gasteiger partial charge in [-0.3, -0.25) is 4.79 Å². The van der Waals surface area contributed by atoms with Gasteiger partial charge in [-0.05, 0) is 52.3 Å². The van der Waals surface area contributed by atoms with Crippen LogP contribution in [0.2, 0.25) is 0 Å². The van der Waals surface area contributed by atoms with Crippen LogP contribution in [0.15, 0.2) is 51.8 Å². The summed E-state index contributed by atoms with van der Waals surface area (Å²) in [5.74, 6) is -0.577. The predicted octanol–water partition coefficient (Wildman–Crippen LogP) is 3.28. The maximum Gasteiger partial charge on any atom is 0.337 e. The predicted molar refractivity (Wildman–Crippen MR) is 116 cm³/mol. The van der Waals surface area contributed by atoms with Crippen molar-refractivity contribution in [2.75, 3.05) is 32.1 Å². The van der Waals surface area contributed by atoms with E-state index in [2.05, 4.69) is 26.0 Å². The number of sulfonamides is 1. The number of halogens is 1. The zero-order valence-electron chi connectivity index (χ0n) is 16.8. The van der Waals surface area contributed by atoms with Crippen molar-refractivity contribution in [3.05, 3.63) is 52.5 Å². The molecule has 162 valence electrons. The van der Waals surface area contributed by atoms with Crippen molar-refractivity contribution in [2.45, 2.75) is 18.7 Å². The third-order valence-electron chi connectivity index (χ3n) is 4.17. The first kappa shape index (κ1) is 23.8. The van der Waals surface area contributed by atoms with E-state index in [1.807, 2.05) is 0 Å². The highest BCUT2D eigenvalue weighted by Gasteiger charge is 2.22. The molecule has 2 rings (SSSR count). The molecule has 0 unspecified atom stereocenters. The van der Waals surface area contributed by atoms with Crippen LogP contribution in [-0.2, 0) is 19.6 Å². The molecule has 0 aliphatic heterocycles.